The van der Waals surface area contributed by atoms with Crippen molar-refractivity contribution in [3.63, 3.8) is 0 Å². The van der Waals surface area contributed by atoms with E-state index < -0.39 is 9.84 Å². The van der Waals surface area contributed by atoms with Gasteiger partial charge in [-0.2, -0.15) is 0 Å². The van der Waals surface area contributed by atoms with Crippen molar-refractivity contribution >= 4 is 9.84 Å². The Morgan fingerprint density at radius 3 is 2.21 bits per heavy atom. The van der Waals surface area contributed by atoms with Crippen LogP contribution in [0, 0.1) is 5.92 Å². The van der Waals surface area contributed by atoms with Gasteiger partial charge in [-0.05, 0) is 36.4 Å². The molecule has 0 aliphatic rings. The van der Waals surface area contributed by atoms with Crippen molar-refractivity contribution in [3.8, 4) is 0 Å². The molecule has 1 N–H and O–H groups in total. The molecule has 1 aromatic rings. The Morgan fingerprint density at radius 2 is 1.68 bits per heavy atom. The Morgan fingerprint density at radius 1 is 1.11 bits per heavy atom. The van der Waals surface area contributed by atoms with Gasteiger partial charge in [-0.15, -0.1) is 0 Å². The number of rotatable bonds is 8. The van der Waals surface area contributed by atoms with Gasteiger partial charge in [0.15, 0.2) is 0 Å². The van der Waals surface area contributed by atoms with Crippen LogP contribution in [-0.4, -0.2) is 27.0 Å². The molecule has 0 unspecified atom stereocenters. The lowest BCUT2D eigenvalue weighted by molar-refractivity contribution is 0.594. The van der Waals surface area contributed by atoms with Gasteiger partial charge in [0.05, 0.1) is 5.75 Å². The lowest BCUT2D eigenvalue weighted by Crippen LogP contribution is -2.17. The highest BCUT2D eigenvalue weighted by Crippen LogP contribution is 2.09. The summed E-state index contributed by atoms with van der Waals surface area (Å²) in [6, 6.07) is 8.63. The molecule has 1 aromatic carbocycles. The van der Waals surface area contributed by atoms with Crippen molar-refractivity contribution in [1.82, 2.24) is 5.32 Å². The first-order valence-corrected chi connectivity index (χ1v) is 8.89. The zero-order valence-electron chi connectivity index (χ0n) is 12.1. The minimum Gasteiger partial charge on any atom is -0.313 e. The van der Waals surface area contributed by atoms with E-state index in [9.17, 15) is 8.42 Å². The van der Waals surface area contributed by atoms with Crippen LogP contribution < -0.4 is 5.32 Å². The number of hydrogen-bond acceptors (Lipinski definition) is 3. The van der Waals surface area contributed by atoms with Gasteiger partial charge < -0.3 is 5.32 Å². The van der Waals surface area contributed by atoms with Crippen molar-refractivity contribution in [2.45, 2.75) is 33.2 Å². The molecule has 0 aliphatic heterocycles. The predicted octanol–water partition coefficient (Wildman–Crippen LogP) is 2.41. The summed E-state index contributed by atoms with van der Waals surface area (Å²) in [6.07, 6.45) is 3.06. The normalized spacial score (nSPS) is 12.0. The summed E-state index contributed by atoms with van der Waals surface area (Å²) < 4.78 is 21.9. The van der Waals surface area contributed by atoms with E-state index in [1.54, 1.807) is 0 Å². The fraction of sp³-hybridized carbons (Fsp3) is 0.600. The summed E-state index contributed by atoms with van der Waals surface area (Å²) in [7, 11) is -2.83. The first kappa shape index (κ1) is 16.2. The lowest BCUT2D eigenvalue weighted by Gasteiger charge is -2.07. The Bertz CT molecular complexity index is 463. The smallest absolute Gasteiger partial charge is 0.147 e. The van der Waals surface area contributed by atoms with E-state index >= 15 is 0 Å². The van der Waals surface area contributed by atoms with Gasteiger partial charge in [0.25, 0.3) is 0 Å². The van der Waals surface area contributed by atoms with Crippen molar-refractivity contribution in [2.24, 2.45) is 5.92 Å². The van der Waals surface area contributed by atoms with Gasteiger partial charge in [-0.3, -0.25) is 0 Å². The minimum absolute atomic E-state index is 0.257. The van der Waals surface area contributed by atoms with Gasteiger partial charge in [-0.1, -0.05) is 38.1 Å². The molecule has 0 radical (unpaired) electrons. The maximum absolute atomic E-state index is 11.0. The largest absolute Gasteiger partial charge is 0.313 e. The van der Waals surface area contributed by atoms with E-state index in [-0.39, 0.29) is 5.75 Å². The molecule has 0 spiro atoms. The molecular formula is C15H25NO2S. The third-order valence-electron chi connectivity index (χ3n) is 2.86. The van der Waals surface area contributed by atoms with Gasteiger partial charge in [0, 0.05) is 12.8 Å². The van der Waals surface area contributed by atoms with Crippen LogP contribution >= 0.6 is 0 Å². The number of hydrogen-bond donors (Lipinski definition) is 1. The molecule has 1 rings (SSSR count). The first-order chi connectivity index (χ1) is 8.87. The van der Waals surface area contributed by atoms with Crippen LogP contribution in [0.1, 0.15) is 31.4 Å². The van der Waals surface area contributed by atoms with Gasteiger partial charge in [0.1, 0.15) is 9.84 Å². The summed E-state index contributed by atoms with van der Waals surface area (Å²) in [5.74, 6) is 0.938. The van der Waals surface area contributed by atoms with Crippen LogP contribution in [0.15, 0.2) is 24.3 Å². The third-order valence-corrected chi connectivity index (χ3v) is 3.89. The maximum atomic E-state index is 11.0. The molecule has 3 nitrogen and oxygen atoms in total. The number of sulfone groups is 1. The minimum atomic E-state index is -2.83. The van der Waals surface area contributed by atoms with Crippen LogP contribution in [0.4, 0.5) is 0 Å². The van der Waals surface area contributed by atoms with Crippen LogP contribution in [0.3, 0.4) is 0 Å². The van der Waals surface area contributed by atoms with Gasteiger partial charge >= 0.3 is 0 Å². The highest BCUT2D eigenvalue weighted by atomic mass is 32.2. The third kappa shape index (κ3) is 8.01. The first-order valence-electron chi connectivity index (χ1n) is 6.83. The molecule has 4 heteroatoms. The van der Waals surface area contributed by atoms with Crippen molar-refractivity contribution in [1.29, 1.82) is 0 Å². The van der Waals surface area contributed by atoms with E-state index in [4.69, 9.17) is 0 Å². The Hall–Kier alpha value is -0.870. The van der Waals surface area contributed by atoms with E-state index in [0.717, 1.165) is 19.5 Å². The second-order valence-electron chi connectivity index (χ2n) is 5.57. The molecule has 108 valence electrons. The van der Waals surface area contributed by atoms with Gasteiger partial charge in [-0.25, -0.2) is 8.42 Å². The lowest BCUT2D eigenvalue weighted by atomic mass is 10.0. The monoisotopic (exact) mass is 283 g/mol. The fourth-order valence-corrected chi connectivity index (χ4v) is 2.63. The molecule has 19 heavy (non-hydrogen) atoms. The molecular weight excluding hydrogens is 258 g/mol. The zero-order chi connectivity index (χ0) is 14.3. The van der Waals surface area contributed by atoms with Crippen molar-refractivity contribution < 1.29 is 8.42 Å². The summed E-state index contributed by atoms with van der Waals surface area (Å²) in [4.78, 5) is 0. The summed E-state index contributed by atoms with van der Waals surface area (Å²) >= 11 is 0. The molecule has 0 saturated heterocycles. The molecule has 0 amide bonds. The quantitative estimate of drug-likeness (QED) is 0.745. The standard InChI is InChI=1S/C15H25NO2S/c1-13(2)11-14-5-7-15(8-6-14)12-16-9-4-10-19(3,17)18/h5-8,13,16H,4,9-12H2,1-3H3. The average Bonchev–Trinajstić information content (AvgIpc) is 2.28. The Labute approximate surface area is 117 Å². The van der Waals surface area contributed by atoms with Crippen LogP contribution in [-0.2, 0) is 22.8 Å². The molecule has 0 fully saturated rings. The highest BCUT2D eigenvalue weighted by molar-refractivity contribution is 7.90. The summed E-state index contributed by atoms with van der Waals surface area (Å²) in [5.41, 5.74) is 2.61. The van der Waals surface area contributed by atoms with E-state index in [1.165, 1.54) is 17.4 Å². The average molecular weight is 283 g/mol. The second kappa shape index (κ2) is 7.65. The van der Waals surface area contributed by atoms with E-state index in [2.05, 4.69) is 43.4 Å². The molecule has 0 aliphatic carbocycles. The second-order valence-corrected chi connectivity index (χ2v) is 7.83. The zero-order valence-corrected chi connectivity index (χ0v) is 13.0. The molecule has 0 aromatic heterocycles. The van der Waals surface area contributed by atoms with Crippen LogP contribution in [0.5, 0.6) is 0 Å². The van der Waals surface area contributed by atoms with Gasteiger partial charge in [0.2, 0.25) is 0 Å². The van der Waals surface area contributed by atoms with Crippen molar-refractivity contribution in [3.05, 3.63) is 35.4 Å². The molecule has 0 atom stereocenters. The summed E-state index contributed by atoms with van der Waals surface area (Å²) in [6.45, 7) is 5.97. The Balaban J connectivity index is 2.26. The maximum Gasteiger partial charge on any atom is 0.147 e. The molecule has 0 heterocycles. The SMILES string of the molecule is CC(C)Cc1ccc(CNCCCS(C)(=O)=O)cc1. The predicted molar refractivity (Wildman–Crippen MR) is 81.0 cm³/mol. The molecule has 0 bridgehead atoms. The fourth-order valence-electron chi connectivity index (χ4n) is 1.96. The van der Waals surface area contributed by atoms with E-state index in [0.29, 0.717) is 12.3 Å². The van der Waals surface area contributed by atoms with Crippen molar-refractivity contribution in [2.75, 3.05) is 18.6 Å². The van der Waals surface area contributed by atoms with Crippen LogP contribution in [0.25, 0.3) is 0 Å². The van der Waals surface area contributed by atoms with Crippen LogP contribution in [0.2, 0.25) is 0 Å². The summed E-state index contributed by atoms with van der Waals surface area (Å²) in [5, 5.41) is 3.27. The number of nitrogens with one attached hydrogen (secondary N) is 1. The Kier molecular flexibility index (Phi) is 6.52. The topological polar surface area (TPSA) is 46.2 Å². The van der Waals surface area contributed by atoms with E-state index in [1.807, 2.05) is 0 Å². The highest BCUT2D eigenvalue weighted by Gasteiger charge is 2.01. The number of benzene rings is 1. The molecule has 0 saturated carbocycles.